The van der Waals surface area contributed by atoms with Crippen LogP contribution in [0.5, 0.6) is 11.5 Å². The molecule has 2 aromatic carbocycles. The first-order chi connectivity index (χ1) is 11.2. The molecule has 5 nitrogen and oxygen atoms in total. The number of hydrogen-bond acceptors (Lipinski definition) is 5. The maximum Gasteiger partial charge on any atom is 0.145 e. The molecule has 0 amide bonds. The van der Waals surface area contributed by atoms with Crippen molar-refractivity contribution in [3.05, 3.63) is 64.8 Å². The summed E-state index contributed by atoms with van der Waals surface area (Å²) in [6, 6.07) is 15.5. The number of aliphatic hydroxyl groups excluding tert-OH is 1. The second kappa shape index (κ2) is 7.86. The van der Waals surface area contributed by atoms with Crippen molar-refractivity contribution in [1.82, 2.24) is 0 Å². The molecule has 0 aromatic heterocycles. The van der Waals surface area contributed by atoms with Gasteiger partial charge in [0.15, 0.2) is 0 Å². The molecule has 0 bridgehead atoms. The maximum atomic E-state index is 9.49. The van der Waals surface area contributed by atoms with E-state index < -0.39 is 0 Å². The highest BCUT2D eigenvalue weighted by molar-refractivity contribution is 6.30. The summed E-state index contributed by atoms with van der Waals surface area (Å²) >= 11 is 5.82. The van der Waals surface area contributed by atoms with Crippen LogP contribution in [0.2, 0.25) is 5.02 Å². The Balaban J connectivity index is 2.20. The van der Waals surface area contributed by atoms with Crippen LogP contribution < -0.4 is 10.1 Å². The van der Waals surface area contributed by atoms with Gasteiger partial charge in [-0.15, -0.1) is 0 Å². The zero-order valence-electron chi connectivity index (χ0n) is 12.0. The summed E-state index contributed by atoms with van der Waals surface area (Å²) in [5.41, 5.74) is 1.14. The Morgan fingerprint density at radius 1 is 1.17 bits per heavy atom. The number of allylic oxidation sites excluding steroid dienone is 1. The monoisotopic (exact) mass is 325 g/mol. The van der Waals surface area contributed by atoms with Crippen molar-refractivity contribution < 1.29 is 9.84 Å². The fourth-order valence-corrected chi connectivity index (χ4v) is 1.89. The molecule has 0 saturated heterocycles. The van der Waals surface area contributed by atoms with Crippen LogP contribution >= 0.6 is 11.6 Å². The lowest BCUT2D eigenvalue weighted by Gasteiger charge is -2.11. The molecule has 0 aliphatic heterocycles. The van der Waals surface area contributed by atoms with Crippen LogP contribution in [-0.2, 0) is 6.61 Å². The highest BCUT2D eigenvalue weighted by Gasteiger charge is 2.06. The van der Waals surface area contributed by atoms with Crippen LogP contribution in [0.25, 0.3) is 0 Å². The lowest BCUT2D eigenvalue weighted by Crippen LogP contribution is -1.95. The molecule has 0 saturated carbocycles. The molecule has 6 heteroatoms. The highest BCUT2D eigenvalue weighted by Crippen LogP contribution is 2.28. The minimum Gasteiger partial charge on any atom is -0.457 e. The first-order valence-corrected chi connectivity index (χ1v) is 6.98. The SMILES string of the molecule is N#CC(C#N)=CNc1ccc(Oc2ccc(Cl)cc2)c(CO)c1. The molecular formula is C17H12ClN3O2. The first-order valence-electron chi connectivity index (χ1n) is 6.60. The van der Waals surface area contributed by atoms with Crippen LogP contribution in [0.15, 0.2) is 54.2 Å². The van der Waals surface area contributed by atoms with E-state index in [1.807, 2.05) is 0 Å². The molecule has 2 N–H and O–H groups in total. The van der Waals surface area contributed by atoms with Gasteiger partial charge in [0.25, 0.3) is 0 Å². The van der Waals surface area contributed by atoms with Crippen molar-refractivity contribution in [1.29, 1.82) is 10.5 Å². The Morgan fingerprint density at radius 2 is 1.87 bits per heavy atom. The fraction of sp³-hybridized carbons (Fsp3) is 0.0588. The van der Waals surface area contributed by atoms with Gasteiger partial charge >= 0.3 is 0 Å². The van der Waals surface area contributed by atoms with E-state index in [-0.39, 0.29) is 12.2 Å². The topological polar surface area (TPSA) is 89.1 Å². The molecule has 0 spiro atoms. The summed E-state index contributed by atoms with van der Waals surface area (Å²) in [5, 5.41) is 30.3. The van der Waals surface area contributed by atoms with E-state index in [1.165, 1.54) is 6.20 Å². The second-order valence-corrected chi connectivity index (χ2v) is 4.90. The minimum absolute atomic E-state index is 0.0444. The number of aliphatic hydroxyl groups is 1. The summed E-state index contributed by atoms with van der Waals surface area (Å²) in [6.45, 7) is -0.217. The summed E-state index contributed by atoms with van der Waals surface area (Å²) in [5.74, 6) is 1.10. The Kier molecular flexibility index (Phi) is 5.60. The summed E-state index contributed by atoms with van der Waals surface area (Å²) in [4.78, 5) is 0. The number of rotatable bonds is 5. The zero-order chi connectivity index (χ0) is 16.7. The number of anilines is 1. The quantitative estimate of drug-likeness (QED) is 0.812. The van der Waals surface area contributed by atoms with Crippen LogP contribution in [0.3, 0.4) is 0 Å². The molecule has 0 radical (unpaired) electrons. The minimum atomic E-state index is -0.217. The van der Waals surface area contributed by atoms with E-state index in [9.17, 15) is 5.11 Å². The van der Waals surface area contributed by atoms with E-state index in [4.69, 9.17) is 26.9 Å². The van der Waals surface area contributed by atoms with Crippen LogP contribution in [0.4, 0.5) is 5.69 Å². The molecule has 2 rings (SSSR count). The molecule has 0 heterocycles. The van der Waals surface area contributed by atoms with Gasteiger partial charge in [0.1, 0.15) is 29.2 Å². The third kappa shape index (κ3) is 4.49. The lowest BCUT2D eigenvalue weighted by molar-refractivity contribution is 0.276. The van der Waals surface area contributed by atoms with Gasteiger partial charge in [-0.05, 0) is 42.5 Å². The maximum absolute atomic E-state index is 9.49. The van der Waals surface area contributed by atoms with Gasteiger partial charge < -0.3 is 15.2 Å². The molecule has 23 heavy (non-hydrogen) atoms. The Labute approximate surface area is 138 Å². The van der Waals surface area contributed by atoms with E-state index in [1.54, 1.807) is 54.6 Å². The van der Waals surface area contributed by atoms with E-state index >= 15 is 0 Å². The van der Waals surface area contributed by atoms with Crippen molar-refractivity contribution in [2.45, 2.75) is 6.61 Å². The Bertz CT molecular complexity index is 786. The molecule has 2 aromatic rings. The summed E-state index contributed by atoms with van der Waals surface area (Å²) in [6.07, 6.45) is 1.30. The van der Waals surface area contributed by atoms with Gasteiger partial charge in [0, 0.05) is 22.5 Å². The third-order valence-electron chi connectivity index (χ3n) is 2.90. The first kappa shape index (κ1) is 16.4. The van der Waals surface area contributed by atoms with Crippen LogP contribution in [0, 0.1) is 22.7 Å². The molecular weight excluding hydrogens is 314 g/mol. The van der Waals surface area contributed by atoms with Crippen molar-refractivity contribution in [2.24, 2.45) is 0 Å². The molecule has 0 fully saturated rings. The zero-order valence-corrected chi connectivity index (χ0v) is 12.7. The largest absolute Gasteiger partial charge is 0.457 e. The summed E-state index contributed by atoms with van der Waals surface area (Å²) in [7, 11) is 0. The van der Waals surface area contributed by atoms with Gasteiger partial charge in [-0.1, -0.05) is 11.6 Å². The molecule has 0 unspecified atom stereocenters. The van der Waals surface area contributed by atoms with E-state index in [0.717, 1.165) is 0 Å². The van der Waals surface area contributed by atoms with Gasteiger partial charge in [-0.3, -0.25) is 0 Å². The van der Waals surface area contributed by atoms with Gasteiger partial charge in [0.05, 0.1) is 6.61 Å². The van der Waals surface area contributed by atoms with Crippen molar-refractivity contribution in [3.8, 4) is 23.6 Å². The van der Waals surface area contributed by atoms with Gasteiger partial charge in [-0.25, -0.2) is 0 Å². The van der Waals surface area contributed by atoms with E-state index in [0.29, 0.717) is 27.8 Å². The standard InChI is InChI=1S/C17H12ClN3O2/c18-14-1-4-16(5-2-14)23-17-6-3-15(7-13(17)11-22)21-10-12(8-19)9-20/h1-7,10,21-22H,11H2. The summed E-state index contributed by atoms with van der Waals surface area (Å²) < 4.78 is 5.71. The van der Waals surface area contributed by atoms with Crippen molar-refractivity contribution >= 4 is 17.3 Å². The molecule has 0 aliphatic carbocycles. The van der Waals surface area contributed by atoms with Crippen molar-refractivity contribution in [3.63, 3.8) is 0 Å². The van der Waals surface area contributed by atoms with Crippen LogP contribution in [0.1, 0.15) is 5.56 Å². The number of halogens is 1. The number of nitrogens with one attached hydrogen (secondary N) is 1. The molecule has 114 valence electrons. The average molecular weight is 326 g/mol. The van der Waals surface area contributed by atoms with Gasteiger partial charge in [0.2, 0.25) is 0 Å². The smallest absolute Gasteiger partial charge is 0.145 e. The fourth-order valence-electron chi connectivity index (χ4n) is 1.77. The Morgan fingerprint density at radius 3 is 2.48 bits per heavy atom. The van der Waals surface area contributed by atoms with Gasteiger partial charge in [-0.2, -0.15) is 10.5 Å². The number of nitrogens with zero attached hydrogens (tertiary/aromatic N) is 2. The number of hydrogen-bond donors (Lipinski definition) is 2. The number of nitriles is 2. The number of ether oxygens (including phenoxy) is 1. The predicted molar refractivity (Wildman–Crippen MR) is 86.8 cm³/mol. The number of benzene rings is 2. The molecule has 0 atom stereocenters. The molecule has 0 aliphatic rings. The van der Waals surface area contributed by atoms with Crippen LogP contribution in [-0.4, -0.2) is 5.11 Å². The highest BCUT2D eigenvalue weighted by atomic mass is 35.5. The predicted octanol–water partition coefficient (Wildman–Crippen LogP) is 3.97. The third-order valence-corrected chi connectivity index (χ3v) is 3.15. The van der Waals surface area contributed by atoms with E-state index in [2.05, 4.69) is 5.32 Å². The lowest BCUT2D eigenvalue weighted by atomic mass is 10.2. The Hall–Kier alpha value is -2.99. The second-order valence-electron chi connectivity index (χ2n) is 4.46. The van der Waals surface area contributed by atoms with Crippen molar-refractivity contribution in [2.75, 3.05) is 5.32 Å². The normalized spacial score (nSPS) is 9.39. The average Bonchev–Trinajstić information content (AvgIpc) is 2.58.